The number of likely N-dealkylation sites (tertiary alicyclic amines) is 1. The summed E-state index contributed by atoms with van der Waals surface area (Å²) in [4.78, 5) is 14.1. The normalized spacial score (nSPS) is 16.3. The van der Waals surface area contributed by atoms with Crippen molar-refractivity contribution in [3.63, 3.8) is 0 Å². The van der Waals surface area contributed by atoms with Gasteiger partial charge in [0.1, 0.15) is 11.6 Å². The number of benzene rings is 1. The second-order valence-corrected chi connectivity index (χ2v) is 4.82. The monoisotopic (exact) mass is 266 g/mol. The second kappa shape index (κ2) is 6.52. The maximum Gasteiger partial charge on any atom is 0.255 e. The highest BCUT2D eigenvalue weighted by Crippen LogP contribution is 2.17. The number of phenols is 1. The van der Waals surface area contributed by atoms with Crippen LogP contribution in [0.2, 0.25) is 0 Å². The molecular weight excluding hydrogens is 247 g/mol. The summed E-state index contributed by atoms with van der Waals surface area (Å²) in [6.45, 7) is 3.51. The number of carbonyl (C=O) groups excluding carboxylic acids is 1. The van der Waals surface area contributed by atoms with E-state index in [0.29, 0.717) is 6.54 Å². The van der Waals surface area contributed by atoms with Crippen LogP contribution in [0.3, 0.4) is 0 Å². The molecule has 0 atom stereocenters. The number of halogens is 1. The summed E-state index contributed by atoms with van der Waals surface area (Å²) in [5.41, 5.74) is 0.111. The first kappa shape index (κ1) is 13.8. The van der Waals surface area contributed by atoms with Crippen molar-refractivity contribution in [2.24, 2.45) is 0 Å². The molecule has 2 rings (SSSR count). The van der Waals surface area contributed by atoms with Gasteiger partial charge in [-0.1, -0.05) is 6.42 Å². The molecule has 0 spiro atoms. The molecule has 19 heavy (non-hydrogen) atoms. The Morgan fingerprint density at radius 1 is 1.32 bits per heavy atom. The minimum Gasteiger partial charge on any atom is -0.507 e. The van der Waals surface area contributed by atoms with Crippen LogP contribution in [0, 0.1) is 5.82 Å². The molecule has 0 unspecified atom stereocenters. The minimum absolute atomic E-state index is 0.111. The van der Waals surface area contributed by atoms with Gasteiger partial charge in [0.05, 0.1) is 5.56 Å². The lowest BCUT2D eigenvalue weighted by Gasteiger charge is -2.26. The van der Waals surface area contributed by atoms with E-state index in [1.54, 1.807) is 0 Å². The molecule has 1 fully saturated rings. The number of hydrogen-bond donors (Lipinski definition) is 2. The van der Waals surface area contributed by atoms with Gasteiger partial charge in [0.15, 0.2) is 0 Å². The van der Waals surface area contributed by atoms with Crippen molar-refractivity contribution in [3.8, 4) is 5.75 Å². The number of aromatic hydroxyl groups is 1. The Labute approximate surface area is 112 Å². The summed E-state index contributed by atoms with van der Waals surface area (Å²) in [6, 6.07) is 3.40. The van der Waals surface area contributed by atoms with Crippen molar-refractivity contribution in [3.05, 3.63) is 29.6 Å². The zero-order valence-corrected chi connectivity index (χ0v) is 10.9. The Hall–Kier alpha value is -1.62. The number of nitrogens with one attached hydrogen (secondary N) is 1. The Bertz CT molecular complexity index is 445. The predicted octanol–water partition coefficient (Wildman–Crippen LogP) is 1.75. The zero-order chi connectivity index (χ0) is 13.7. The summed E-state index contributed by atoms with van der Waals surface area (Å²) in [6.07, 6.45) is 3.71. The lowest BCUT2D eigenvalue weighted by molar-refractivity contribution is 0.0944. The third-order valence-electron chi connectivity index (χ3n) is 3.37. The van der Waals surface area contributed by atoms with Gasteiger partial charge >= 0.3 is 0 Å². The van der Waals surface area contributed by atoms with Gasteiger partial charge in [0, 0.05) is 19.2 Å². The quantitative estimate of drug-likeness (QED) is 0.873. The van der Waals surface area contributed by atoms with Gasteiger partial charge in [-0.3, -0.25) is 4.79 Å². The van der Waals surface area contributed by atoms with E-state index in [1.807, 2.05) is 0 Å². The third-order valence-corrected chi connectivity index (χ3v) is 3.37. The molecule has 1 aromatic carbocycles. The van der Waals surface area contributed by atoms with E-state index in [0.717, 1.165) is 25.7 Å². The van der Waals surface area contributed by atoms with Crippen molar-refractivity contribution in [2.45, 2.75) is 19.3 Å². The average Bonchev–Trinajstić information content (AvgIpc) is 2.39. The molecule has 1 aliphatic rings. The van der Waals surface area contributed by atoms with E-state index in [1.165, 1.54) is 31.4 Å². The first-order valence-corrected chi connectivity index (χ1v) is 6.66. The molecule has 0 saturated carbocycles. The van der Waals surface area contributed by atoms with Crippen LogP contribution in [-0.4, -0.2) is 42.1 Å². The second-order valence-electron chi connectivity index (χ2n) is 4.82. The third kappa shape index (κ3) is 3.92. The number of piperidine rings is 1. The highest BCUT2D eigenvalue weighted by Gasteiger charge is 2.13. The predicted molar refractivity (Wildman–Crippen MR) is 70.7 cm³/mol. The van der Waals surface area contributed by atoms with Gasteiger partial charge in [-0.15, -0.1) is 0 Å². The fourth-order valence-electron chi connectivity index (χ4n) is 2.30. The smallest absolute Gasteiger partial charge is 0.255 e. The topological polar surface area (TPSA) is 52.6 Å². The van der Waals surface area contributed by atoms with Gasteiger partial charge in [0.2, 0.25) is 0 Å². The average molecular weight is 266 g/mol. The van der Waals surface area contributed by atoms with E-state index < -0.39 is 5.82 Å². The number of nitrogens with zero attached hydrogens (tertiary/aromatic N) is 1. The summed E-state index contributed by atoms with van der Waals surface area (Å²) in [7, 11) is 0. The molecule has 1 saturated heterocycles. The largest absolute Gasteiger partial charge is 0.507 e. The Kier molecular flexibility index (Phi) is 4.74. The molecule has 0 bridgehead atoms. The highest BCUT2D eigenvalue weighted by atomic mass is 19.1. The van der Waals surface area contributed by atoms with Crippen LogP contribution in [0.15, 0.2) is 18.2 Å². The zero-order valence-electron chi connectivity index (χ0n) is 10.9. The van der Waals surface area contributed by atoms with Crippen LogP contribution in [-0.2, 0) is 0 Å². The minimum atomic E-state index is -0.553. The lowest BCUT2D eigenvalue weighted by Crippen LogP contribution is -2.37. The van der Waals surface area contributed by atoms with Crippen molar-refractivity contribution in [1.82, 2.24) is 10.2 Å². The molecule has 4 nitrogen and oxygen atoms in total. The molecule has 0 aliphatic carbocycles. The Morgan fingerprint density at radius 2 is 2.05 bits per heavy atom. The molecular formula is C14H19FN2O2. The van der Waals surface area contributed by atoms with E-state index in [9.17, 15) is 14.3 Å². The molecule has 104 valence electrons. The van der Waals surface area contributed by atoms with Crippen LogP contribution < -0.4 is 5.32 Å². The Morgan fingerprint density at radius 3 is 2.74 bits per heavy atom. The summed E-state index contributed by atoms with van der Waals surface area (Å²) in [5.74, 6) is -1.24. The van der Waals surface area contributed by atoms with Gasteiger partial charge in [-0.05, 0) is 38.1 Å². The fourth-order valence-corrected chi connectivity index (χ4v) is 2.30. The lowest BCUT2D eigenvalue weighted by atomic mass is 10.1. The first-order valence-electron chi connectivity index (χ1n) is 6.66. The molecule has 0 radical (unpaired) electrons. The number of amides is 1. The van der Waals surface area contributed by atoms with Crippen molar-refractivity contribution in [2.75, 3.05) is 26.2 Å². The summed E-state index contributed by atoms with van der Waals surface area (Å²) < 4.78 is 12.8. The fraction of sp³-hybridized carbons (Fsp3) is 0.500. The number of hydrogen-bond acceptors (Lipinski definition) is 3. The van der Waals surface area contributed by atoms with E-state index in [4.69, 9.17) is 0 Å². The maximum absolute atomic E-state index is 12.8. The maximum atomic E-state index is 12.8. The van der Waals surface area contributed by atoms with Crippen LogP contribution in [0.5, 0.6) is 5.75 Å². The number of rotatable bonds is 4. The molecule has 1 aromatic rings. The summed E-state index contributed by atoms with van der Waals surface area (Å²) in [5, 5.41) is 12.2. The van der Waals surface area contributed by atoms with E-state index in [2.05, 4.69) is 10.2 Å². The highest BCUT2D eigenvalue weighted by molar-refractivity contribution is 5.96. The van der Waals surface area contributed by atoms with Crippen LogP contribution >= 0.6 is 0 Å². The van der Waals surface area contributed by atoms with Crippen molar-refractivity contribution >= 4 is 5.91 Å². The van der Waals surface area contributed by atoms with Crippen molar-refractivity contribution < 1.29 is 14.3 Å². The SMILES string of the molecule is O=C(NCCN1CCCCC1)c1ccc(F)cc1O. The van der Waals surface area contributed by atoms with E-state index >= 15 is 0 Å². The molecule has 1 aliphatic heterocycles. The van der Waals surface area contributed by atoms with E-state index in [-0.39, 0.29) is 17.2 Å². The standard InChI is InChI=1S/C14H19FN2O2/c15-11-4-5-12(13(18)10-11)14(19)16-6-9-17-7-2-1-3-8-17/h4-5,10,18H,1-3,6-9H2,(H,16,19). The number of phenolic OH excluding ortho intramolecular Hbond substituents is 1. The van der Waals surface area contributed by atoms with Gasteiger partial charge in [0.25, 0.3) is 5.91 Å². The molecule has 2 N–H and O–H groups in total. The summed E-state index contributed by atoms with van der Waals surface area (Å²) >= 11 is 0. The van der Waals surface area contributed by atoms with Gasteiger partial charge < -0.3 is 15.3 Å². The van der Waals surface area contributed by atoms with Crippen LogP contribution in [0.25, 0.3) is 0 Å². The van der Waals surface area contributed by atoms with Gasteiger partial charge in [-0.25, -0.2) is 4.39 Å². The number of carbonyl (C=O) groups is 1. The molecule has 1 heterocycles. The van der Waals surface area contributed by atoms with Crippen molar-refractivity contribution in [1.29, 1.82) is 0 Å². The molecule has 5 heteroatoms. The Balaban J connectivity index is 1.80. The molecule has 1 amide bonds. The molecule has 0 aromatic heterocycles. The first-order chi connectivity index (χ1) is 9.16. The van der Waals surface area contributed by atoms with Crippen LogP contribution in [0.4, 0.5) is 4.39 Å². The van der Waals surface area contributed by atoms with Gasteiger partial charge in [-0.2, -0.15) is 0 Å². The van der Waals surface area contributed by atoms with Crippen LogP contribution in [0.1, 0.15) is 29.6 Å².